The van der Waals surface area contributed by atoms with Gasteiger partial charge in [0.15, 0.2) is 17.3 Å². The van der Waals surface area contributed by atoms with Gasteiger partial charge in [0.05, 0.1) is 36.7 Å². The fourth-order valence-electron chi connectivity index (χ4n) is 3.72. The lowest BCUT2D eigenvalue weighted by atomic mass is 9.80. The van der Waals surface area contributed by atoms with Gasteiger partial charge in [-0.25, -0.2) is 0 Å². The first kappa shape index (κ1) is 16.4. The zero-order chi connectivity index (χ0) is 18.3. The summed E-state index contributed by atoms with van der Waals surface area (Å²) in [6, 6.07) is 13.7. The first-order valence-electron chi connectivity index (χ1n) is 8.54. The molecule has 1 aliphatic rings. The van der Waals surface area contributed by atoms with Crippen molar-refractivity contribution in [3.05, 3.63) is 59.3 Å². The first-order chi connectivity index (χ1) is 12.6. The molecule has 0 fully saturated rings. The van der Waals surface area contributed by atoms with Gasteiger partial charge in [-0.1, -0.05) is 30.3 Å². The number of anilines is 1. The predicted molar refractivity (Wildman–Crippen MR) is 101 cm³/mol. The maximum atomic E-state index is 12.8. The second-order valence-corrected chi connectivity index (χ2v) is 6.51. The van der Waals surface area contributed by atoms with Crippen LogP contribution in [0.4, 0.5) is 5.69 Å². The van der Waals surface area contributed by atoms with Crippen molar-refractivity contribution < 1.29 is 14.3 Å². The molecule has 0 saturated carbocycles. The molecule has 2 N–H and O–H groups in total. The molecule has 1 atom stereocenters. The number of ether oxygens (including phenoxy) is 2. The number of ketones is 1. The van der Waals surface area contributed by atoms with Crippen LogP contribution >= 0.6 is 0 Å². The lowest BCUT2D eigenvalue weighted by Crippen LogP contribution is -2.22. The minimum Gasteiger partial charge on any atom is -0.493 e. The number of hydrogen-bond donors (Lipinski definition) is 1. The molecule has 1 aromatic heterocycles. The number of carbonyl (C=O) groups is 1. The Morgan fingerprint density at radius 1 is 1.04 bits per heavy atom. The van der Waals surface area contributed by atoms with Crippen molar-refractivity contribution in [2.75, 3.05) is 20.0 Å². The van der Waals surface area contributed by atoms with Gasteiger partial charge in [0.1, 0.15) is 0 Å². The number of aromatic nitrogens is 1. The predicted octanol–water partition coefficient (Wildman–Crippen LogP) is 3.75. The molecule has 0 radical (unpaired) electrons. The molecule has 5 heteroatoms. The van der Waals surface area contributed by atoms with Gasteiger partial charge in [0, 0.05) is 17.9 Å². The van der Waals surface area contributed by atoms with E-state index in [9.17, 15) is 4.79 Å². The lowest BCUT2D eigenvalue weighted by Gasteiger charge is -2.25. The van der Waals surface area contributed by atoms with Gasteiger partial charge in [-0.3, -0.25) is 9.78 Å². The summed E-state index contributed by atoms with van der Waals surface area (Å²) in [7, 11) is 3.15. The number of nitrogen functional groups attached to an aromatic ring is 1. The van der Waals surface area contributed by atoms with E-state index < -0.39 is 0 Å². The number of fused-ring (bicyclic) bond motifs is 2. The molecular formula is C21H20N2O3. The number of hydrogen-bond acceptors (Lipinski definition) is 5. The van der Waals surface area contributed by atoms with E-state index in [4.69, 9.17) is 20.2 Å². The average molecular weight is 348 g/mol. The fraction of sp³-hybridized carbons (Fsp3) is 0.238. The van der Waals surface area contributed by atoms with Crippen LogP contribution in [-0.4, -0.2) is 25.0 Å². The topological polar surface area (TPSA) is 74.4 Å². The zero-order valence-electron chi connectivity index (χ0n) is 14.8. The van der Waals surface area contributed by atoms with Crippen molar-refractivity contribution in [3.63, 3.8) is 0 Å². The van der Waals surface area contributed by atoms with E-state index in [1.165, 1.54) is 0 Å². The Hall–Kier alpha value is -3.08. The van der Waals surface area contributed by atoms with Crippen LogP contribution in [0.2, 0.25) is 0 Å². The van der Waals surface area contributed by atoms with Crippen LogP contribution in [0.5, 0.6) is 11.5 Å². The highest BCUT2D eigenvalue weighted by Crippen LogP contribution is 2.40. The number of carbonyl (C=O) groups excluding carboxylic acids is 1. The summed E-state index contributed by atoms with van der Waals surface area (Å²) in [5.74, 6) is 1.33. The number of methoxy groups -OCH3 is 2. The maximum Gasteiger partial charge on any atom is 0.167 e. The summed E-state index contributed by atoms with van der Waals surface area (Å²) in [6.07, 6.45) is 1.14. The first-order valence-corrected chi connectivity index (χ1v) is 8.54. The Morgan fingerprint density at radius 3 is 2.42 bits per heavy atom. The van der Waals surface area contributed by atoms with Gasteiger partial charge in [0.25, 0.3) is 0 Å². The van der Waals surface area contributed by atoms with Gasteiger partial charge in [-0.15, -0.1) is 0 Å². The number of benzene rings is 2. The van der Waals surface area contributed by atoms with Gasteiger partial charge < -0.3 is 15.2 Å². The Labute approximate surface area is 151 Å². The van der Waals surface area contributed by atoms with Crippen molar-refractivity contribution >= 4 is 22.4 Å². The molecule has 4 rings (SSSR count). The van der Waals surface area contributed by atoms with Gasteiger partial charge in [0.2, 0.25) is 0 Å². The monoisotopic (exact) mass is 348 g/mol. The molecule has 1 aliphatic carbocycles. The van der Waals surface area contributed by atoms with Crippen LogP contribution in [0.25, 0.3) is 10.9 Å². The largest absolute Gasteiger partial charge is 0.493 e. The Bertz CT molecular complexity index is 999. The molecule has 0 bridgehead atoms. The van der Waals surface area contributed by atoms with Crippen LogP contribution in [0.1, 0.15) is 34.0 Å². The molecule has 3 aromatic rings. The number of rotatable bonds is 3. The van der Waals surface area contributed by atoms with E-state index in [0.29, 0.717) is 46.5 Å². The number of nitrogens with zero attached hydrogens (tertiary/aromatic N) is 1. The second kappa shape index (κ2) is 6.33. The molecule has 0 spiro atoms. The molecule has 5 nitrogen and oxygen atoms in total. The number of nitrogens with two attached hydrogens (primary N) is 1. The number of pyridine rings is 1. The van der Waals surface area contributed by atoms with E-state index >= 15 is 0 Å². The maximum absolute atomic E-state index is 12.8. The van der Waals surface area contributed by atoms with Crippen LogP contribution in [0, 0.1) is 0 Å². The van der Waals surface area contributed by atoms with Crippen molar-refractivity contribution in [1.82, 2.24) is 4.98 Å². The molecule has 0 aliphatic heterocycles. The highest BCUT2D eigenvalue weighted by atomic mass is 16.5. The van der Waals surface area contributed by atoms with E-state index in [2.05, 4.69) is 12.1 Å². The van der Waals surface area contributed by atoms with Gasteiger partial charge in [-0.2, -0.15) is 0 Å². The highest BCUT2D eigenvalue weighted by molar-refractivity contribution is 6.10. The average Bonchev–Trinajstić information content (AvgIpc) is 2.67. The third-order valence-electron chi connectivity index (χ3n) is 5.03. The van der Waals surface area contributed by atoms with Gasteiger partial charge >= 0.3 is 0 Å². The fourth-order valence-corrected chi connectivity index (χ4v) is 3.72. The summed E-state index contributed by atoms with van der Waals surface area (Å²) in [5, 5.41) is 0.716. The standard InChI is InChI=1S/C21H20N2O3/c1-25-18-10-14-15(11-19(18)26-2)23-16-8-13(12-6-4-3-5-7-12)9-17(24)20(16)21(14)22/h3-7,10-11,13H,8-9H2,1-2H3,(H2,22,23). The normalized spacial score (nSPS) is 16.4. The summed E-state index contributed by atoms with van der Waals surface area (Å²) < 4.78 is 10.7. The Morgan fingerprint density at radius 2 is 1.73 bits per heavy atom. The van der Waals surface area contributed by atoms with E-state index in [1.54, 1.807) is 26.4 Å². The van der Waals surface area contributed by atoms with Crippen LogP contribution in [-0.2, 0) is 6.42 Å². The van der Waals surface area contributed by atoms with Crippen LogP contribution in [0.3, 0.4) is 0 Å². The third-order valence-corrected chi connectivity index (χ3v) is 5.03. The molecule has 1 unspecified atom stereocenters. The quantitative estimate of drug-likeness (QED) is 0.780. The SMILES string of the molecule is COc1cc2nc3c(c(N)c2cc1OC)C(=O)CC(c1ccccc1)C3. The van der Waals surface area contributed by atoms with Gasteiger partial charge in [-0.05, 0) is 24.0 Å². The second-order valence-electron chi connectivity index (χ2n) is 6.51. The van der Waals surface area contributed by atoms with E-state index in [-0.39, 0.29) is 11.7 Å². The third kappa shape index (κ3) is 2.56. The Kier molecular flexibility index (Phi) is 3.99. The minimum atomic E-state index is 0.0433. The molecular weight excluding hydrogens is 328 g/mol. The Balaban J connectivity index is 1.87. The van der Waals surface area contributed by atoms with Crippen molar-refractivity contribution in [2.24, 2.45) is 0 Å². The van der Waals surface area contributed by atoms with Crippen molar-refractivity contribution in [1.29, 1.82) is 0 Å². The lowest BCUT2D eigenvalue weighted by molar-refractivity contribution is 0.0964. The zero-order valence-corrected chi connectivity index (χ0v) is 14.8. The molecule has 26 heavy (non-hydrogen) atoms. The van der Waals surface area contributed by atoms with E-state index in [0.717, 1.165) is 11.3 Å². The van der Waals surface area contributed by atoms with Crippen molar-refractivity contribution in [2.45, 2.75) is 18.8 Å². The summed E-state index contributed by atoms with van der Waals surface area (Å²) in [4.78, 5) is 17.6. The molecule has 1 heterocycles. The van der Waals surface area contributed by atoms with E-state index in [1.807, 2.05) is 18.2 Å². The molecule has 132 valence electrons. The van der Waals surface area contributed by atoms with Crippen LogP contribution in [0.15, 0.2) is 42.5 Å². The number of Topliss-reactive ketones (excluding diaryl/α,β-unsaturated/α-hetero) is 1. The minimum absolute atomic E-state index is 0.0433. The highest BCUT2D eigenvalue weighted by Gasteiger charge is 2.30. The molecule has 0 saturated heterocycles. The van der Waals surface area contributed by atoms with Crippen LogP contribution < -0.4 is 15.2 Å². The molecule has 0 amide bonds. The summed E-state index contributed by atoms with van der Waals surface area (Å²) >= 11 is 0. The van der Waals surface area contributed by atoms with Crippen molar-refractivity contribution in [3.8, 4) is 11.5 Å². The smallest absolute Gasteiger partial charge is 0.167 e. The summed E-state index contributed by atoms with van der Waals surface area (Å²) in [6.45, 7) is 0. The molecule has 2 aromatic carbocycles. The summed E-state index contributed by atoms with van der Waals surface area (Å²) in [5.41, 5.74) is 10.0.